The highest BCUT2D eigenvalue weighted by Gasteiger charge is 2.20. The highest BCUT2D eigenvalue weighted by molar-refractivity contribution is 7.89. The molecule has 0 atom stereocenters. The molecular weight excluding hydrogens is 458 g/mol. The molecule has 0 saturated heterocycles. The summed E-state index contributed by atoms with van der Waals surface area (Å²) >= 11 is 0. The fourth-order valence-corrected chi connectivity index (χ4v) is 4.54. The molecule has 0 radical (unpaired) electrons. The van der Waals surface area contributed by atoms with Crippen molar-refractivity contribution in [2.24, 2.45) is 0 Å². The second-order valence-corrected chi connectivity index (χ2v) is 10.1. The predicted octanol–water partition coefficient (Wildman–Crippen LogP) is 3.39. The summed E-state index contributed by atoms with van der Waals surface area (Å²) in [6, 6.07) is 10.4. The minimum absolute atomic E-state index is 0.00914. The van der Waals surface area contributed by atoms with E-state index in [1.165, 1.54) is 14.1 Å². The highest BCUT2D eigenvalue weighted by atomic mass is 32.2. The molecule has 184 valence electrons. The zero-order valence-corrected chi connectivity index (χ0v) is 21.0. The minimum Gasteiger partial charge on any atom is -0.493 e. The third-order valence-electron chi connectivity index (χ3n) is 5.45. The molecule has 1 heterocycles. The van der Waals surface area contributed by atoms with E-state index in [9.17, 15) is 13.2 Å². The summed E-state index contributed by atoms with van der Waals surface area (Å²) in [6.45, 7) is 2.72. The molecule has 0 aliphatic heterocycles. The first kappa shape index (κ1) is 25.5. The van der Waals surface area contributed by atoms with Crippen molar-refractivity contribution in [3.05, 3.63) is 47.8 Å². The SMILES string of the molecule is CCCn1c(COC(=O)CCc2ccc(OC)c(OC)c2)nc2cc(S(=O)(=O)N(C)C)ccc21. The van der Waals surface area contributed by atoms with Crippen LogP contribution < -0.4 is 9.47 Å². The van der Waals surface area contributed by atoms with E-state index < -0.39 is 10.0 Å². The number of hydrogen-bond donors (Lipinski definition) is 0. The third-order valence-corrected chi connectivity index (χ3v) is 7.26. The van der Waals surface area contributed by atoms with E-state index in [1.54, 1.807) is 38.5 Å². The fourth-order valence-electron chi connectivity index (χ4n) is 3.61. The van der Waals surface area contributed by atoms with Gasteiger partial charge in [0.25, 0.3) is 0 Å². The van der Waals surface area contributed by atoms with Gasteiger partial charge in [-0.15, -0.1) is 0 Å². The number of rotatable bonds is 11. The quantitative estimate of drug-likeness (QED) is 0.381. The number of esters is 1. The van der Waals surface area contributed by atoms with Gasteiger partial charge in [-0.3, -0.25) is 4.79 Å². The maximum absolute atomic E-state index is 12.5. The van der Waals surface area contributed by atoms with E-state index in [1.807, 2.05) is 23.6 Å². The van der Waals surface area contributed by atoms with Gasteiger partial charge in [0.2, 0.25) is 10.0 Å². The second kappa shape index (κ2) is 10.9. The Morgan fingerprint density at radius 2 is 1.79 bits per heavy atom. The largest absolute Gasteiger partial charge is 0.493 e. The van der Waals surface area contributed by atoms with Crippen molar-refractivity contribution in [3.63, 3.8) is 0 Å². The lowest BCUT2D eigenvalue weighted by molar-refractivity contribution is -0.145. The number of sulfonamides is 1. The van der Waals surface area contributed by atoms with Gasteiger partial charge in [-0.25, -0.2) is 17.7 Å². The van der Waals surface area contributed by atoms with E-state index in [4.69, 9.17) is 14.2 Å². The van der Waals surface area contributed by atoms with E-state index in [0.29, 0.717) is 35.8 Å². The smallest absolute Gasteiger partial charge is 0.306 e. The predicted molar refractivity (Wildman–Crippen MR) is 129 cm³/mol. The average molecular weight is 490 g/mol. The molecule has 0 aliphatic carbocycles. The summed E-state index contributed by atoms with van der Waals surface area (Å²) in [5.74, 6) is 1.47. The zero-order valence-electron chi connectivity index (χ0n) is 20.2. The van der Waals surface area contributed by atoms with Crippen LogP contribution in [-0.2, 0) is 39.1 Å². The number of ether oxygens (including phenoxy) is 3. The molecule has 10 heteroatoms. The van der Waals surface area contributed by atoms with Gasteiger partial charge in [0.1, 0.15) is 12.4 Å². The van der Waals surface area contributed by atoms with Gasteiger partial charge < -0.3 is 18.8 Å². The Morgan fingerprint density at radius 1 is 1.06 bits per heavy atom. The number of aromatic nitrogens is 2. The molecular formula is C24H31N3O6S. The van der Waals surface area contributed by atoms with Gasteiger partial charge >= 0.3 is 5.97 Å². The fraction of sp³-hybridized carbons (Fsp3) is 0.417. The standard InChI is InChI=1S/C24H31N3O6S/c1-6-13-27-20-10-9-18(34(29,30)26(2)3)15-19(20)25-23(27)16-33-24(28)12-8-17-7-11-21(31-4)22(14-17)32-5/h7,9-11,14-15H,6,8,12-13,16H2,1-5H3. The first-order chi connectivity index (χ1) is 16.2. The van der Waals surface area contributed by atoms with Gasteiger partial charge in [0.05, 0.1) is 30.1 Å². The van der Waals surface area contributed by atoms with Crippen molar-refractivity contribution in [3.8, 4) is 11.5 Å². The molecule has 1 aromatic heterocycles. The number of benzene rings is 2. The molecule has 0 unspecified atom stereocenters. The normalized spacial score (nSPS) is 11.7. The van der Waals surface area contributed by atoms with E-state index >= 15 is 0 Å². The Morgan fingerprint density at radius 3 is 2.44 bits per heavy atom. The van der Waals surface area contributed by atoms with Crippen LogP contribution in [0.1, 0.15) is 31.2 Å². The highest BCUT2D eigenvalue weighted by Crippen LogP contribution is 2.28. The maximum atomic E-state index is 12.5. The first-order valence-corrected chi connectivity index (χ1v) is 12.4. The maximum Gasteiger partial charge on any atom is 0.306 e. The molecule has 0 saturated carbocycles. The topological polar surface area (TPSA) is 100.0 Å². The first-order valence-electron chi connectivity index (χ1n) is 11.0. The second-order valence-electron chi connectivity index (χ2n) is 7.97. The van der Waals surface area contributed by atoms with Gasteiger partial charge in [-0.1, -0.05) is 13.0 Å². The Balaban J connectivity index is 1.72. The van der Waals surface area contributed by atoms with Crippen LogP contribution in [0.2, 0.25) is 0 Å². The number of methoxy groups -OCH3 is 2. The summed E-state index contributed by atoms with van der Waals surface area (Å²) in [7, 11) is 2.54. The molecule has 0 fully saturated rings. The molecule has 0 amide bonds. The number of carbonyl (C=O) groups is 1. The zero-order chi connectivity index (χ0) is 24.9. The lowest BCUT2D eigenvalue weighted by atomic mass is 10.1. The van der Waals surface area contributed by atoms with Crippen LogP contribution in [-0.4, -0.2) is 56.6 Å². The number of hydrogen-bond acceptors (Lipinski definition) is 7. The lowest BCUT2D eigenvalue weighted by Gasteiger charge is -2.11. The average Bonchev–Trinajstić information content (AvgIpc) is 3.17. The summed E-state index contributed by atoms with van der Waals surface area (Å²) in [4.78, 5) is 17.2. The van der Waals surface area contributed by atoms with Crippen molar-refractivity contribution in [2.75, 3.05) is 28.3 Å². The summed E-state index contributed by atoms with van der Waals surface area (Å²) < 4.78 is 44.1. The summed E-state index contributed by atoms with van der Waals surface area (Å²) in [5, 5.41) is 0. The molecule has 9 nitrogen and oxygen atoms in total. The van der Waals surface area contributed by atoms with Crippen molar-refractivity contribution >= 4 is 27.0 Å². The van der Waals surface area contributed by atoms with Gasteiger partial charge in [0.15, 0.2) is 11.5 Å². The van der Waals surface area contributed by atoms with Gasteiger partial charge in [-0.05, 0) is 48.7 Å². The van der Waals surface area contributed by atoms with Crippen molar-refractivity contribution in [1.29, 1.82) is 0 Å². The van der Waals surface area contributed by atoms with Crippen molar-refractivity contribution in [2.45, 2.75) is 44.2 Å². The Kier molecular flexibility index (Phi) is 8.16. The number of aryl methyl sites for hydroxylation is 2. The summed E-state index contributed by atoms with van der Waals surface area (Å²) in [6.07, 6.45) is 1.55. The van der Waals surface area contributed by atoms with Gasteiger partial charge in [-0.2, -0.15) is 0 Å². The molecule has 0 N–H and O–H groups in total. The van der Waals surface area contributed by atoms with Crippen LogP contribution in [0.15, 0.2) is 41.3 Å². The van der Waals surface area contributed by atoms with Crippen LogP contribution in [0.3, 0.4) is 0 Å². The minimum atomic E-state index is -3.57. The molecule has 0 spiro atoms. The molecule has 3 aromatic rings. The molecule has 3 rings (SSSR count). The van der Waals surface area contributed by atoms with E-state index in [2.05, 4.69) is 4.98 Å². The van der Waals surface area contributed by atoms with E-state index in [-0.39, 0.29) is 23.9 Å². The van der Waals surface area contributed by atoms with Crippen LogP contribution >= 0.6 is 0 Å². The Hall–Kier alpha value is -3.11. The van der Waals surface area contributed by atoms with Crippen molar-refractivity contribution in [1.82, 2.24) is 13.9 Å². The van der Waals surface area contributed by atoms with Crippen LogP contribution in [0.5, 0.6) is 11.5 Å². The van der Waals surface area contributed by atoms with Crippen LogP contribution in [0, 0.1) is 0 Å². The van der Waals surface area contributed by atoms with Gasteiger partial charge in [0, 0.05) is 27.1 Å². The molecule has 0 bridgehead atoms. The molecule has 0 aliphatic rings. The van der Waals surface area contributed by atoms with Crippen LogP contribution in [0.25, 0.3) is 11.0 Å². The van der Waals surface area contributed by atoms with E-state index in [0.717, 1.165) is 21.8 Å². The number of fused-ring (bicyclic) bond motifs is 1. The monoisotopic (exact) mass is 489 g/mol. The third kappa shape index (κ3) is 5.51. The van der Waals surface area contributed by atoms with Crippen molar-refractivity contribution < 1.29 is 27.4 Å². The lowest BCUT2D eigenvalue weighted by Crippen LogP contribution is -2.22. The molecule has 34 heavy (non-hydrogen) atoms. The number of imidazole rings is 1. The Labute approximate surface area is 200 Å². The Bertz CT molecular complexity index is 1270. The summed E-state index contributed by atoms with van der Waals surface area (Å²) in [5.41, 5.74) is 2.28. The number of carbonyl (C=O) groups excluding carboxylic acids is 1. The number of nitrogens with zero attached hydrogens (tertiary/aromatic N) is 3. The van der Waals surface area contributed by atoms with Crippen LogP contribution in [0.4, 0.5) is 0 Å². The molecule has 2 aromatic carbocycles.